The summed E-state index contributed by atoms with van der Waals surface area (Å²) in [6.07, 6.45) is 2.23. The maximum absolute atomic E-state index is 11.9. The number of ether oxygens (including phenoxy) is 1. The third-order valence-electron chi connectivity index (χ3n) is 2.53. The minimum absolute atomic E-state index is 0.205. The van der Waals surface area contributed by atoms with Gasteiger partial charge in [-0.15, -0.1) is 0 Å². The molecule has 0 N–H and O–H groups in total. The van der Waals surface area contributed by atoms with Crippen LogP contribution in [0.2, 0.25) is 0 Å². The molecule has 0 aliphatic carbocycles. The number of rotatable bonds is 6. The highest BCUT2D eigenvalue weighted by atomic mass is 16.5. The number of hydrogen-bond acceptors (Lipinski definition) is 4. The van der Waals surface area contributed by atoms with Crippen LogP contribution in [-0.2, 0) is 16.1 Å². The molecule has 0 amide bonds. The molecular formula is C12H21N3O2. The minimum atomic E-state index is -0.308. The van der Waals surface area contributed by atoms with Gasteiger partial charge in [0.1, 0.15) is 18.1 Å². The fourth-order valence-electron chi connectivity index (χ4n) is 1.81. The van der Waals surface area contributed by atoms with Crippen LogP contribution in [0.4, 0.5) is 0 Å². The molecule has 0 aromatic carbocycles. The first-order chi connectivity index (χ1) is 8.10. The highest BCUT2D eigenvalue weighted by Gasteiger charge is 2.27. The number of nitrogens with zero attached hydrogens (tertiary/aromatic N) is 3. The molecule has 0 fully saturated rings. The van der Waals surface area contributed by atoms with Gasteiger partial charge in [-0.1, -0.05) is 13.8 Å². The second kappa shape index (κ2) is 6.37. The molecule has 0 saturated heterocycles. The molecule has 0 aliphatic heterocycles. The number of aromatic nitrogens is 3. The van der Waals surface area contributed by atoms with Gasteiger partial charge in [0.2, 0.25) is 0 Å². The molecule has 1 rings (SSSR count). The molecule has 1 unspecified atom stereocenters. The lowest BCUT2D eigenvalue weighted by molar-refractivity contribution is -0.145. The van der Waals surface area contributed by atoms with E-state index in [4.69, 9.17) is 4.74 Å². The van der Waals surface area contributed by atoms with Gasteiger partial charge in [0.25, 0.3) is 0 Å². The molecule has 0 bridgehead atoms. The molecule has 1 aromatic heterocycles. The summed E-state index contributed by atoms with van der Waals surface area (Å²) in [4.78, 5) is 16.1. The van der Waals surface area contributed by atoms with Crippen LogP contribution in [0, 0.1) is 5.92 Å². The topological polar surface area (TPSA) is 57.0 Å². The van der Waals surface area contributed by atoms with Crippen LogP contribution in [0.25, 0.3) is 0 Å². The molecule has 1 atom stereocenters. The smallest absolute Gasteiger partial charge is 0.316 e. The molecule has 5 nitrogen and oxygen atoms in total. The molecule has 1 heterocycles. The van der Waals surface area contributed by atoms with Crippen LogP contribution in [0.15, 0.2) is 6.33 Å². The molecule has 17 heavy (non-hydrogen) atoms. The van der Waals surface area contributed by atoms with Crippen LogP contribution >= 0.6 is 0 Å². The minimum Gasteiger partial charge on any atom is -0.465 e. The fourth-order valence-corrected chi connectivity index (χ4v) is 1.81. The lowest BCUT2D eigenvalue weighted by Crippen LogP contribution is -2.22. The number of esters is 1. The summed E-state index contributed by atoms with van der Waals surface area (Å²) in [5.74, 6) is 0.604. The number of carbonyl (C=O) groups is 1. The lowest BCUT2D eigenvalue weighted by Gasteiger charge is -2.17. The summed E-state index contributed by atoms with van der Waals surface area (Å²) < 4.78 is 6.86. The highest BCUT2D eigenvalue weighted by molar-refractivity contribution is 5.77. The van der Waals surface area contributed by atoms with E-state index in [0.717, 1.165) is 6.42 Å². The van der Waals surface area contributed by atoms with Gasteiger partial charge in [0, 0.05) is 6.54 Å². The lowest BCUT2D eigenvalue weighted by atomic mass is 9.96. The van der Waals surface area contributed by atoms with E-state index in [1.54, 1.807) is 4.68 Å². The van der Waals surface area contributed by atoms with Crippen molar-refractivity contribution in [2.75, 3.05) is 6.61 Å². The molecule has 0 spiro atoms. The van der Waals surface area contributed by atoms with Crippen molar-refractivity contribution < 1.29 is 9.53 Å². The van der Waals surface area contributed by atoms with Gasteiger partial charge in [0.05, 0.1) is 6.61 Å². The highest BCUT2D eigenvalue weighted by Crippen LogP contribution is 2.23. The Morgan fingerprint density at radius 3 is 2.71 bits per heavy atom. The van der Waals surface area contributed by atoms with Crippen molar-refractivity contribution >= 4 is 5.97 Å². The first-order valence-corrected chi connectivity index (χ1v) is 6.14. The Bertz CT molecular complexity index is 360. The van der Waals surface area contributed by atoms with Gasteiger partial charge >= 0.3 is 5.97 Å². The summed E-state index contributed by atoms with van der Waals surface area (Å²) in [7, 11) is 0. The quantitative estimate of drug-likeness (QED) is 0.712. The van der Waals surface area contributed by atoms with Crippen LogP contribution in [0.1, 0.15) is 45.9 Å². The third kappa shape index (κ3) is 3.54. The summed E-state index contributed by atoms with van der Waals surface area (Å²) in [5.41, 5.74) is 0. The zero-order chi connectivity index (χ0) is 12.8. The van der Waals surface area contributed by atoms with E-state index in [9.17, 15) is 4.79 Å². The van der Waals surface area contributed by atoms with Crippen molar-refractivity contribution in [2.45, 2.75) is 46.6 Å². The maximum Gasteiger partial charge on any atom is 0.316 e. The summed E-state index contributed by atoms with van der Waals surface area (Å²) in [5, 5.41) is 4.10. The van der Waals surface area contributed by atoms with E-state index in [1.807, 2.05) is 13.8 Å². The van der Waals surface area contributed by atoms with Gasteiger partial charge in [-0.2, -0.15) is 5.10 Å². The Morgan fingerprint density at radius 1 is 1.47 bits per heavy atom. The molecule has 0 saturated carbocycles. The van der Waals surface area contributed by atoms with Gasteiger partial charge in [-0.25, -0.2) is 9.67 Å². The van der Waals surface area contributed by atoms with Crippen LogP contribution in [0.3, 0.4) is 0 Å². The normalized spacial score (nSPS) is 12.8. The Balaban J connectivity index is 2.93. The SMILES string of the molecule is CCOC(=O)C(CC(C)C)c1ncnn1CC. The summed E-state index contributed by atoms with van der Waals surface area (Å²) in [6.45, 7) is 9.07. The van der Waals surface area contributed by atoms with Crippen molar-refractivity contribution in [2.24, 2.45) is 5.92 Å². The number of aryl methyl sites for hydroxylation is 1. The van der Waals surface area contributed by atoms with E-state index in [2.05, 4.69) is 23.9 Å². The first-order valence-electron chi connectivity index (χ1n) is 6.14. The molecule has 0 radical (unpaired) electrons. The van der Waals surface area contributed by atoms with Crippen molar-refractivity contribution in [3.05, 3.63) is 12.2 Å². The standard InChI is InChI=1S/C12H21N3O2/c1-5-15-11(13-8-14-15)10(7-9(3)4)12(16)17-6-2/h8-10H,5-7H2,1-4H3. The molecular weight excluding hydrogens is 218 g/mol. The maximum atomic E-state index is 11.9. The molecule has 96 valence electrons. The van der Waals surface area contributed by atoms with Crippen molar-refractivity contribution in [3.8, 4) is 0 Å². The third-order valence-corrected chi connectivity index (χ3v) is 2.53. The number of carbonyl (C=O) groups excluding carboxylic acids is 1. The van der Waals surface area contributed by atoms with Crippen LogP contribution < -0.4 is 0 Å². The first kappa shape index (κ1) is 13.7. The monoisotopic (exact) mass is 239 g/mol. The zero-order valence-electron chi connectivity index (χ0n) is 11.0. The molecule has 5 heteroatoms. The summed E-state index contributed by atoms with van der Waals surface area (Å²) in [6, 6.07) is 0. The van der Waals surface area contributed by atoms with Gasteiger partial charge in [-0.05, 0) is 26.2 Å². The van der Waals surface area contributed by atoms with E-state index >= 15 is 0 Å². The van der Waals surface area contributed by atoms with E-state index in [-0.39, 0.29) is 11.9 Å². The second-order valence-corrected chi connectivity index (χ2v) is 4.37. The molecule has 0 aliphatic rings. The Hall–Kier alpha value is -1.39. The van der Waals surface area contributed by atoms with Gasteiger partial charge in [0.15, 0.2) is 0 Å². The van der Waals surface area contributed by atoms with E-state index in [1.165, 1.54) is 6.33 Å². The van der Waals surface area contributed by atoms with Gasteiger partial charge < -0.3 is 4.74 Å². The second-order valence-electron chi connectivity index (χ2n) is 4.37. The summed E-state index contributed by atoms with van der Waals surface area (Å²) >= 11 is 0. The predicted octanol–water partition coefficient (Wildman–Crippen LogP) is 1.99. The van der Waals surface area contributed by atoms with Crippen molar-refractivity contribution in [1.82, 2.24) is 14.8 Å². The van der Waals surface area contributed by atoms with E-state index in [0.29, 0.717) is 24.9 Å². The van der Waals surface area contributed by atoms with Gasteiger partial charge in [-0.3, -0.25) is 4.79 Å². The largest absolute Gasteiger partial charge is 0.465 e. The predicted molar refractivity (Wildman–Crippen MR) is 64.5 cm³/mol. The Labute approximate surface area is 102 Å². The average Bonchev–Trinajstić information content (AvgIpc) is 2.73. The Morgan fingerprint density at radius 2 is 2.18 bits per heavy atom. The number of hydrogen-bond donors (Lipinski definition) is 0. The van der Waals surface area contributed by atoms with Crippen molar-refractivity contribution in [3.63, 3.8) is 0 Å². The van der Waals surface area contributed by atoms with Crippen molar-refractivity contribution in [1.29, 1.82) is 0 Å². The van der Waals surface area contributed by atoms with E-state index < -0.39 is 0 Å². The fraction of sp³-hybridized carbons (Fsp3) is 0.750. The average molecular weight is 239 g/mol. The van der Waals surface area contributed by atoms with Crippen LogP contribution in [-0.4, -0.2) is 27.3 Å². The molecule has 1 aromatic rings. The van der Waals surface area contributed by atoms with Crippen LogP contribution in [0.5, 0.6) is 0 Å². The zero-order valence-corrected chi connectivity index (χ0v) is 11.0. The Kier molecular flexibility index (Phi) is 5.12.